The van der Waals surface area contributed by atoms with Gasteiger partial charge in [0.05, 0.1) is 5.41 Å². The maximum atomic E-state index is 6.19. The lowest BCUT2D eigenvalue weighted by molar-refractivity contribution is 0.0523. The van der Waals surface area contributed by atoms with Crippen LogP contribution in [0.5, 0.6) is 0 Å². The Morgan fingerprint density at radius 1 is 1.27 bits per heavy atom. The summed E-state index contributed by atoms with van der Waals surface area (Å²) in [4.78, 5) is 4.68. The molecular formula is C17H21ClN2O2. The zero-order valence-corrected chi connectivity index (χ0v) is 13.8. The first-order chi connectivity index (χ1) is 10.6. The van der Waals surface area contributed by atoms with E-state index in [9.17, 15) is 0 Å². The summed E-state index contributed by atoms with van der Waals surface area (Å²) in [7, 11) is 0. The van der Waals surface area contributed by atoms with Gasteiger partial charge in [-0.1, -0.05) is 42.7 Å². The second-order valence-corrected chi connectivity index (χ2v) is 6.75. The number of halogens is 1. The third-order valence-corrected chi connectivity index (χ3v) is 4.43. The lowest BCUT2D eigenvalue weighted by Crippen LogP contribution is -2.35. The van der Waals surface area contributed by atoms with Gasteiger partial charge >= 0.3 is 0 Å². The van der Waals surface area contributed by atoms with Crippen molar-refractivity contribution in [3.8, 4) is 0 Å². The van der Waals surface area contributed by atoms with Crippen molar-refractivity contribution in [2.45, 2.75) is 38.5 Å². The van der Waals surface area contributed by atoms with Crippen molar-refractivity contribution in [3.63, 3.8) is 0 Å². The van der Waals surface area contributed by atoms with Gasteiger partial charge in [-0.15, -0.1) is 0 Å². The van der Waals surface area contributed by atoms with Crippen LogP contribution < -0.4 is 0 Å². The van der Waals surface area contributed by atoms with E-state index in [2.05, 4.69) is 30.1 Å². The molecule has 118 valence electrons. The highest BCUT2D eigenvalue weighted by molar-refractivity contribution is 6.30. The van der Waals surface area contributed by atoms with Crippen LogP contribution in [0.3, 0.4) is 0 Å². The van der Waals surface area contributed by atoms with Gasteiger partial charge in [-0.25, -0.2) is 0 Å². The third kappa shape index (κ3) is 3.03. The number of rotatable bonds is 4. The molecule has 0 bridgehead atoms. The fourth-order valence-corrected chi connectivity index (χ4v) is 3.22. The first-order valence-corrected chi connectivity index (χ1v) is 8.15. The van der Waals surface area contributed by atoms with Crippen LogP contribution in [0, 0.1) is 5.92 Å². The summed E-state index contributed by atoms with van der Waals surface area (Å²) in [5, 5.41) is 4.89. The maximum absolute atomic E-state index is 6.19. The van der Waals surface area contributed by atoms with E-state index in [-0.39, 0.29) is 5.41 Å². The van der Waals surface area contributed by atoms with Crippen molar-refractivity contribution < 1.29 is 9.26 Å². The maximum Gasteiger partial charge on any atom is 0.237 e. The highest BCUT2D eigenvalue weighted by atomic mass is 35.5. The van der Waals surface area contributed by atoms with Gasteiger partial charge < -0.3 is 9.26 Å². The first-order valence-electron chi connectivity index (χ1n) is 7.77. The molecule has 22 heavy (non-hydrogen) atoms. The molecule has 2 aromatic rings. The smallest absolute Gasteiger partial charge is 0.237 e. The van der Waals surface area contributed by atoms with Gasteiger partial charge in [0.25, 0.3) is 0 Å². The van der Waals surface area contributed by atoms with Crippen LogP contribution in [0.15, 0.2) is 28.8 Å². The van der Waals surface area contributed by atoms with E-state index in [4.69, 9.17) is 20.9 Å². The molecular weight excluding hydrogens is 300 g/mol. The molecule has 0 N–H and O–H groups in total. The highest BCUT2D eigenvalue weighted by Crippen LogP contribution is 2.41. The molecule has 5 heteroatoms. The lowest BCUT2D eigenvalue weighted by Gasteiger charge is -2.34. The van der Waals surface area contributed by atoms with Crippen molar-refractivity contribution in [1.29, 1.82) is 0 Å². The predicted molar refractivity (Wildman–Crippen MR) is 85.1 cm³/mol. The average molecular weight is 321 g/mol. The Hall–Kier alpha value is -1.39. The Morgan fingerprint density at radius 2 is 2.05 bits per heavy atom. The molecule has 0 spiro atoms. The van der Waals surface area contributed by atoms with Crippen LogP contribution in [0.1, 0.15) is 44.0 Å². The molecule has 4 nitrogen and oxygen atoms in total. The number of nitrogens with zero attached hydrogens (tertiary/aromatic N) is 2. The van der Waals surface area contributed by atoms with Crippen LogP contribution in [0.4, 0.5) is 0 Å². The van der Waals surface area contributed by atoms with Crippen LogP contribution in [-0.2, 0) is 16.6 Å². The van der Waals surface area contributed by atoms with E-state index in [0.29, 0.717) is 25.0 Å². The summed E-state index contributed by atoms with van der Waals surface area (Å²) >= 11 is 6.19. The molecule has 3 rings (SSSR count). The summed E-state index contributed by atoms with van der Waals surface area (Å²) < 4.78 is 11.2. The standard InChI is InChI=1S/C17H21ClN2O2/c1-12(2)10-15-19-16(22-20-15)17(6-8-21-9-7-17)13-4-3-5-14(18)11-13/h3-5,11-12H,6-10H2,1-2H3. The molecule has 0 radical (unpaired) electrons. The normalized spacial score (nSPS) is 17.8. The fourth-order valence-electron chi connectivity index (χ4n) is 3.03. The largest absolute Gasteiger partial charge is 0.381 e. The average Bonchev–Trinajstić information content (AvgIpc) is 2.96. The molecule has 0 saturated carbocycles. The van der Waals surface area contributed by atoms with Crippen molar-refractivity contribution in [3.05, 3.63) is 46.6 Å². The van der Waals surface area contributed by atoms with Crippen LogP contribution in [0.2, 0.25) is 5.02 Å². The number of ether oxygens (including phenoxy) is 1. The Bertz CT molecular complexity index is 633. The van der Waals surface area contributed by atoms with Gasteiger partial charge in [0.1, 0.15) is 0 Å². The molecule has 0 unspecified atom stereocenters. The molecule has 0 amide bonds. The Morgan fingerprint density at radius 3 is 2.73 bits per heavy atom. The molecule has 1 aliphatic rings. The first kappa shape index (κ1) is 15.5. The predicted octanol–water partition coefficient (Wildman–Crippen LogP) is 4.02. The number of aromatic nitrogens is 2. The zero-order valence-electron chi connectivity index (χ0n) is 13.0. The van der Waals surface area contributed by atoms with Crippen LogP contribution in [0.25, 0.3) is 0 Å². The number of hydrogen-bond acceptors (Lipinski definition) is 4. The molecule has 1 saturated heterocycles. The molecule has 0 aliphatic carbocycles. The van der Waals surface area contributed by atoms with E-state index in [1.54, 1.807) is 0 Å². The molecule has 1 aliphatic heterocycles. The van der Waals surface area contributed by atoms with Gasteiger partial charge in [-0.3, -0.25) is 0 Å². The minimum Gasteiger partial charge on any atom is -0.381 e. The summed E-state index contributed by atoms with van der Waals surface area (Å²) in [6, 6.07) is 7.94. The molecule has 2 heterocycles. The lowest BCUT2D eigenvalue weighted by atomic mass is 9.74. The van der Waals surface area contributed by atoms with Crippen LogP contribution >= 0.6 is 11.6 Å². The van der Waals surface area contributed by atoms with E-state index in [1.165, 1.54) is 0 Å². The summed E-state index contributed by atoms with van der Waals surface area (Å²) in [6.45, 7) is 5.68. The Balaban J connectivity index is 2.00. The minimum atomic E-state index is -0.286. The van der Waals surface area contributed by atoms with Crippen molar-refractivity contribution >= 4 is 11.6 Å². The zero-order chi connectivity index (χ0) is 15.6. The number of benzene rings is 1. The van der Waals surface area contributed by atoms with E-state index in [0.717, 1.165) is 35.7 Å². The Kier molecular flexibility index (Phi) is 4.50. The van der Waals surface area contributed by atoms with E-state index < -0.39 is 0 Å². The second kappa shape index (κ2) is 6.39. The highest BCUT2D eigenvalue weighted by Gasteiger charge is 2.41. The van der Waals surface area contributed by atoms with E-state index >= 15 is 0 Å². The van der Waals surface area contributed by atoms with Crippen LogP contribution in [-0.4, -0.2) is 23.4 Å². The Labute approximate surface area is 135 Å². The van der Waals surface area contributed by atoms with Gasteiger partial charge in [-0.05, 0) is 36.5 Å². The topological polar surface area (TPSA) is 48.2 Å². The number of hydrogen-bond donors (Lipinski definition) is 0. The molecule has 1 aromatic heterocycles. The van der Waals surface area contributed by atoms with Crippen molar-refractivity contribution in [2.75, 3.05) is 13.2 Å². The van der Waals surface area contributed by atoms with Gasteiger partial charge in [-0.2, -0.15) is 4.98 Å². The van der Waals surface area contributed by atoms with Crippen molar-refractivity contribution in [1.82, 2.24) is 10.1 Å². The van der Waals surface area contributed by atoms with Gasteiger partial charge in [0, 0.05) is 24.7 Å². The summed E-state index contributed by atoms with van der Waals surface area (Å²) in [6.07, 6.45) is 2.49. The van der Waals surface area contributed by atoms with Crippen molar-refractivity contribution in [2.24, 2.45) is 5.92 Å². The minimum absolute atomic E-state index is 0.286. The second-order valence-electron chi connectivity index (χ2n) is 6.32. The summed E-state index contributed by atoms with van der Waals surface area (Å²) in [5.74, 6) is 1.97. The van der Waals surface area contributed by atoms with Gasteiger partial charge in [0.2, 0.25) is 5.89 Å². The van der Waals surface area contributed by atoms with E-state index in [1.807, 2.05) is 18.2 Å². The fraction of sp³-hybridized carbons (Fsp3) is 0.529. The SMILES string of the molecule is CC(C)Cc1noc(C2(c3cccc(Cl)c3)CCOCC2)n1. The molecule has 1 aromatic carbocycles. The summed E-state index contributed by atoms with van der Waals surface area (Å²) in [5.41, 5.74) is 0.841. The van der Waals surface area contributed by atoms with Gasteiger partial charge in [0.15, 0.2) is 5.82 Å². The third-order valence-electron chi connectivity index (χ3n) is 4.19. The monoisotopic (exact) mass is 320 g/mol. The molecule has 1 fully saturated rings. The quantitative estimate of drug-likeness (QED) is 0.853. The molecule has 0 atom stereocenters.